The minimum absolute atomic E-state index is 0.293. The zero-order valence-electron chi connectivity index (χ0n) is 8.74. The summed E-state index contributed by atoms with van der Waals surface area (Å²) in [4.78, 5) is 2.34. The van der Waals surface area contributed by atoms with Crippen molar-refractivity contribution in [2.45, 2.75) is 12.8 Å². The number of likely N-dealkylation sites (tertiary alicyclic amines) is 1. The molecular formula is C9H20N4O. The Kier molecular flexibility index (Phi) is 4.69. The molecule has 0 aromatic heterocycles. The lowest BCUT2D eigenvalue weighted by molar-refractivity contribution is 0.316. The molecule has 1 unspecified atom stereocenters. The van der Waals surface area contributed by atoms with E-state index in [0.29, 0.717) is 12.3 Å². The summed E-state index contributed by atoms with van der Waals surface area (Å²) in [5.74, 6) is 1.05. The van der Waals surface area contributed by atoms with Gasteiger partial charge >= 0.3 is 0 Å². The Hall–Kier alpha value is -0.810. The van der Waals surface area contributed by atoms with Gasteiger partial charge in [0.1, 0.15) is 5.84 Å². The summed E-state index contributed by atoms with van der Waals surface area (Å²) >= 11 is 0. The molecule has 1 aliphatic heterocycles. The zero-order valence-corrected chi connectivity index (χ0v) is 8.74. The molecule has 0 spiro atoms. The fourth-order valence-electron chi connectivity index (χ4n) is 1.77. The SMILES string of the molecule is CN1CCC(CNCCC(N)=NO)C1. The van der Waals surface area contributed by atoms with Crippen molar-refractivity contribution in [3.05, 3.63) is 0 Å². The summed E-state index contributed by atoms with van der Waals surface area (Å²) in [6, 6.07) is 0. The first-order chi connectivity index (χ1) is 6.72. The summed E-state index contributed by atoms with van der Waals surface area (Å²) in [6.07, 6.45) is 1.88. The van der Waals surface area contributed by atoms with Gasteiger partial charge in [0.05, 0.1) is 0 Å². The molecule has 1 fully saturated rings. The molecule has 0 amide bonds. The van der Waals surface area contributed by atoms with Crippen molar-refractivity contribution in [3.8, 4) is 0 Å². The van der Waals surface area contributed by atoms with Gasteiger partial charge < -0.3 is 21.2 Å². The van der Waals surface area contributed by atoms with E-state index < -0.39 is 0 Å². The van der Waals surface area contributed by atoms with Gasteiger partial charge in [0.2, 0.25) is 0 Å². The number of hydrogen-bond donors (Lipinski definition) is 3. The third-order valence-corrected chi connectivity index (χ3v) is 2.61. The maximum atomic E-state index is 8.31. The minimum atomic E-state index is 0.293. The molecule has 5 heteroatoms. The van der Waals surface area contributed by atoms with E-state index in [1.807, 2.05) is 0 Å². The highest BCUT2D eigenvalue weighted by molar-refractivity contribution is 5.79. The minimum Gasteiger partial charge on any atom is -0.409 e. The molecule has 0 saturated carbocycles. The monoisotopic (exact) mass is 200 g/mol. The van der Waals surface area contributed by atoms with Crippen LogP contribution in [0.3, 0.4) is 0 Å². The van der Waals surface area contributed by atoms with Gasteiger partial charge in [0.25, 0.3) is 0 Å². The van der Waals surface area contributed by atoms with E-state index in [1.165, 1.54) is 19.5 Å². The first-order valence-electron chi connectivity index (χ1n) is 5.08. The fourth-order valence-corrected chi connectivity index (χ4v) is 1.77. The van der Waals surface area contributed by atoms with Crippen molar-refractivity contribution in [1.82, 2.24) is 10.2 Å². The zero-order chi connectivity index (χ0) is 10.4. The molecule has 5 nitrogen and oxygen atoms in total. The fraction of sp³-hybridized carbons (Fsp3) is 0.889. The van der Waals surface area contributed by atoms with Gasteiger partial charge in [-0.25, -0.2) is 0 Å². The molecule has 82 valence electrons. The van der Waals surface area contributed by atoms with Crippen LogP contribution in [0.4, 0.5) is 0 Å². The van der Waals surface area contributed by atoms with E-state index >= 15 is 0 Å². The van der Waals surface area contributed by atoms with Crippen LogP contribution in [0, 0.1) is 5.92 Å². The van der Waals surface area contributed by atoms with Crippen LogP contribution in [0.5, 0.6) is 0 Å². The number of nitrogens with one attached hydrogen (secondary N) is 1. The lowest BCUT2D eigenvalue weighted by Gasteiger charge is -2.11. The average molecular weight is 200 g/mol. The third-order valence-electron chi connectivity index (χ3n) is 2.61. The summed E-state index contributed by atoms with van der Waals surface area (Å²) in [5, 5.41) is 14.5. The van der Waals surface area contributed by atoms with Crippen molar-refractivity contribution in [2.24, 2.45) is 16.8 Å². The Bertz CT molecular complexity index is 195. The lowest BCUT2D eigenvalue weighted by atomic mass is 10.1. The Morgan fingerprint density at radius 3 is 3.07 bits per heavy atom. The quantitative estimate of drug-likeness (QED) is 0.187. The van der Waals surface area contributed by atoms with Crippen molar-refractivity contribution in [1.29, 1.82) is 0 Å². The van der Waals surface area contributed by atoms with E-state index in [4.69, 9.17) is 10.9 Å². The predicted octanol–water partition coefficient (Wildman–Crippen LogP) is -0.336. The number of hydrogen-bond acceptors (Lipinski definition) is 4. The molecule has 1 saturated heterocycles. The number of nitrogens with two attached hydrogens (primary N) is 1. The summed E-state index contributed by atoms with van der Waals surface area (Å²) in [7, 11) is 2.15. The molecule has 14 heavy (non-hydrogen) atoms. The highest BCUT2D eigenvalue weighted by Crippen LogP contribution is 2.12. The molecule has 1 heterocycles. The van der Waals surface area contributed by atoms with Gasteiger partial charge in [-0.3, -0.25) is 0 Å². The third kappa shape index (κ3) is 3.93. The maximum Gasteiger partial charge on any atom is 0.140 e. The number of amidine groups is 1. The van der Waals surface area contributed by atoms with Crippen molar-refractivity contribution < 1.29 is 5.21 Å². The highest BCUT2D eigenvalue weighted by Gasteiger charge is 2.18. The smallest absolute Gasteiger partial charge is 0.140 e. The van der Waals surface area contributed by atoms with E-state index in [2.05, 4.69) is 22.4 Å². The Balaban J connectivity index is 1.99. The molecule has 0 aliphatic carbocycles. The number of nitrogens with zero attached hydrogens (tertiary/aromatic N) is 2. The number of oxime groups is 1. The molecule has 0 radical (unpaired) electrons. The van der Waals surface area contributed by atoms with E-state index in [0.717, 1.165) is 19.0 Å². The van der Waals surface area contributed by atoms with Crippen molar-refractivity contribution in [2.75, 3.05) is 33.2 Å². The maximum absolute atomic E-state index is 8.31. The number of rotatable bonds is 5. The lowest BCUT2D eigenvalue weighted by Crippen LogP contribution is -2.28. The molecular weight excluding hydrogens is 180 g/mol. The van der Waals surface area contributed by atoms with E-state index in [1.54, 1.807) is 0 Å². The van der Waals surface area contributed by atoms with E-state index in [9.17, 15) is 0 Å². The Morgan fingerprint density at radius 2 is 2.50 bits per heavy atom. The van der Waals surface area contributed by atoms with Crippen molar-refractivity contribution >= 4 is 5.84 Å². The molecule has 0 aromatic rings. The van der Waals surface area contributed by atoms with Gasteiger partial charge in [-0.2, -0.15) is 0 Å². The van der Waals surface area contributed by atoms with Gasteiger partial charge in [0, 0.05) is 19.5 Å². The van der Waals surface area contributed by atoms with Crippen molar-refractivity contribution in [3.63, 3.8) is 0 Å². The van der Waals surface area contributed by atoms with Gasteiger partial charge in [-0.1, -0.05) is 5.16 Å². The van der Waals surface area contributed by atoms with Crippen LogP contribution in [-0.2, 0) is 0 Å². The second-order valence-electron chi connectivity index (χ2n) is 3.96. The van der Waals surface area contributed by atoms with Gasteiger partial charge in [-0.05, 0) is 32.5 Å². The van der Waals surface area contributed by atoms with Crippen LogP contribution in [0.25, 0.3) is 0 Å². The normalized spacial score (nSPS) is 24.4. The summed E-state index contributed by atoms with van der Waals surface area (Å²) < 4.78 is 0. The average Bonchev–Trinajstić information content (AvgIpc) is 2.58. The molecule has 0 aromatic carbocycles. The second-order valence-corrected chi connectivity index (χ2v) is 3.96. The van der Waals surface area contributed by atoms with Gasteiger partial charge in [0.15, 0.2) is 0 Å². The predicted molar refractivity (Wildman–Crippen MR) is 56.5 cm³/mol. The molecule has 1 atom stereocenters. The summed E-state index contributed by atoms with van der Waals surface area (Å²) in [6.45, 7) is 4.20. The molecule has 4 N–H and O–H groups in total. The molecule has 1 rings (SSSR count). The first kappa shape index (κ1) is 11.3. The summed E-state index contributed by atoms with van der Waals surface area (Å²) in [5.41, 5.74) is 5.34. The largest absolute Gasteiger partial charge is 0.409 e. The second kappa shape index (κ2) is 5.82. The van der Waals surface area contributed by atoms with Crippen LogP contribution < -0.4 is 11.1 Å². The van der Waals surface area contributed by atoms with Crippen LogP contribution in [-0.4, -0.2) is 49.2 Å². The van der Waals surface area contributed by atoms with Gasteiger partial charge in [-0.15, -0.1) is 0 Å². The van der Waals surface area contributed by atoms with Crippen LogP contribution in [0.1, 0.15) is 12.8 Å². The van der Waals surface area contributed by atoms with E-state index in [-0.39, 0.29) is 0 Å². The highest BCUT2D eigenvalue weighted by atomic mass is 16.4. The van der Waals surface area contributed by atoms with Crippen LogP contribution in [0.15, 0.2) is 5.16 Å². The standard InChI is InChI=1S/C9H20N4O/c1-13-5-3-8(7-13)6-11-4-2-9(10)12-14/h8,11,14H,2-7H2,1H3,(H2,10,12). The van der Waals surface area contributed by atoms with Crippen LogP contribution in [0.2, 0.25) is 0 Å². The Morgan fingerprint density at radius 1 is 1.71 bits per heavy atom. The molecule has 1 aliphatic rings. The topological polar surface area (TPSA) is 73.9 Å². The molecule has 0 bridgehead atoms. The first-order valence-corrected chi connectivity index (χ1v) is 5.08. The Labute approximate surface area is 84.9 Å². The van der Waals surface area contributed by atoms with Crippen LogP contribution >= 0.6 is 0 Å².